The van der Waals surface area contributed by atoms with Crippen molar-refractivity contribution in [3.05, 3.63) is 42.1 Å². The SMILES string of the molecule is COCCNc1ccnc(Nc2ccc(C(C)(C)C)cc2)n1. The van der Waals surface area contributed by atoms with E-state index >= 15 is 0 Å². The third kappa shape index (κ3) is 4.70. The number of nitrogens with zero attached hydrogens (tertiary/aromatic N) is 2. The van der Waals surface area contributed by atoms with E-state index in [1.54, 1.807) is 13.3 Å². The van der Waals surface area contributed by atoms with Crippen LogP contribution in [0.5, 0.6) is 0 Å². The van der Waals surface area contributed by atoms with Crippen LogP contribution in [0.1, 0.15) is 26.3 Å². The Morgan fingerprint density at radius 3 is 2.45 bits per heavy atom. The van der Waals surface area contributed by atoms with Crippen LogP contribution in [0.3, 0.4) is 0 Å². The Labute approximate surface area is 132 Å². The van der Waals surface area contributed by atoms with Gasteiger partial charge in [0.15, 0.2) is 0 Å². The Hall–Kier alpha value is -2.14. The Morgan fingerprint density at radius 2 is 1.82 bits per heavy atom. The predicted molar refractivity (Wildman–Crippen MR) is 90.8 cm³/mol. The Morgan fingerprint density at radius 1 is 1.09 bits per heavy atom. The highest BCUT2D eigenvalue weighted by Crippen LogP contribution is 2.24. The summed E-state index contributed by atoms with van der Waals surface area (Å²) < 4.78 is 5.01. The van der Waals surface area contributed by atoms with Gasteiger partial charge in [-0.2, -0.15) is 4.98 Å². The van der Waals surface area contributed by atoms with Crippen LogP contribution in [-0.2, 0) is 10.2 Å². The summed E-state index contributed by atoms with van der Waals surface area (Å²) in [4.78, 5) is 8.66. The highest BCUT2D eigenvalue weighted by molar-refractivity contribution is 5.55. The minimum absolute atomic E-state index is 0.153. The monoisotopic (exact) mass is 300 g/mol. The van der Waals surface area contributed by atoms with Crippen molar-refractivity contribution in [2.24, 2.45) is 0 Å². The normalized spacial score (nSPS) is 11.3. The molecule has 0 aliphatic rings. The molecule has 5 heteroatoms. The molecule has 0 unspecified atom stereocenters. The van der Waals surface area contributed by atoms with Crippen molar-refractivity contribution in [2.75, 3.05) is 30.9 Å². The van der Waals surface area contributed by atoms with Crippen LogP contribution in [0.2, 0.25) is 0 Å². The second-order valence-corrected chi connectivity index (χ2v) is 6.14. The fourth-order valence-corrected chi connectivity index (χ4v) is 1.98. The molecule has 0 fully saturated rings. The Balaban J connectivity index is 2.02. The van der Waals surface area contributed by atoms with E-state index in [0.29, 0.717) is 19.1 Å². The average molecular weight is 300 g/mol. The second-order valence-electron chi connectivity index (χ2n) is 6.14. The fraction of sp³-hybridized carbons (Fsp3) is 0.412. The van der Waals surface area contributed by atoms with Crippen LogP contribution in [-0.4, -0.2) is 30.2 Å². The number of rotatable bonds is 6. The van der Waals surface area contributed by atoms with Crippen molar-refractivity contribution >= 4 is 17.5 Å². The molecular weight excluding hydrogens is 276 g/mol. The largest absolute Gasteiger partial charge is 0.383 e. The van der Waals surface area contributed by atoms with Crippen LogP contribution >= 0.6 is 0 Å². The Bertz CT molecular complexity index is 590. The minimum atomic E-state index is 0.153. The summed E-state index contributed by atoms with van der Waals surface area (Å²) in [5.74, 6) is 1.35. The molecule has 0 radical (unpaired) electrons. The predicted octanol–water partition coefficient (Wildman–Crippen LogP) is 3.58. The lowest BCUT2D eigenvalue weighted by Gasteiger charge is -2.19. The zero-order valence-corrected chi connectivity index (χ0v) is 13.7. The van der Waals surface area contributed by atoms with E-state index in [2.05, 4.69) is 65.6 Å². The lowest BCUT2D eigenvalue weighted by atomic mass is 9.87. The maximum Gasteiger partial charge on any atom is 0.229 e. The molecule has 1 heterocycles. The summed E-state index contributed by atoms with van der Waals surface area (Å²) in [5, 5.41) is 6.40. The number of nitrogens with one attached hydrogen (secondary N) is 2. The van der Waals surface area contributed by atoms with Gasteiger partial charge in [0.05, 0.1) is 6.61 Å². The van der Waals surface area contributed by atoms with E-state index < -0.39 is 0 Å². The quantitative estimate of drug-likeness (QED) is 0.799. The Kier molecular flexibility index (Phi) is 5.33. The topological polar surface area (TPSA) is 59.1 Å². The van der Waals surface area contributed by atoms with Gasteiger partial charge in [0.1, 0.15) is 5.82 Å². The van der Waals surface area contributed by atoms with Gasteiger partial charge in [-0.25, -0.2) is 4.98 Å². The molecule has 118 valence electrons. The number of benzene rings is 1. The van der Waals surface area contributed by atoms with E-state index in [4.69, 9.17) is 4.74 Å². The van der Waals surface area contributed by atoms with Crippen molar-refractivity contribution in [1.82, 2.24) is 9.97 Å². The highest BCUT2D eigenvalue weighted by Gasteiger charge is 2.12. The van der Waals surface area contributed by atoms with Crippen molar-refractivity contribution in [2.45, 2.75) is 26.2 Å². The first-order chi connectivity index (χ1) is 10.5. The van der Waals surface area contributed by atoms with Crippen molar-refractivity contribution in [1.29, 1.82) is 0 Å². The smallest absolute Gasteiger partial charge is 0.229 e. The first kappa shape index (κ1) is 16.2. The highest BCUT2D eigenvalue weighted by atomic mass is 16.5. The lowest BCUT2D eigenvalue weighted by molar-refractivity contribution is 0.210. The number of ether oxygens (including phenoxy) is 1. The third-order valence-electron chi connectivity index (χ3n) is 3.27. The van der Waals surface area contributed by atoms with Gasteiger partial charge in [-0.15, -0.1) is 0 Å². The van der Waals surface area contributed by atoms with Crippen molar-refractivity contribution in [3.8, 4) is 0 Å². The summed E-state index contributed by atoms with van der Waals surface area (Å²) >= 11 is 0. The number of aromatic nitrogens is 2. The standard InChI is InChI=1S/C17H24N4O/c1-17(2,3)13-5-7-14(8-6-13)20-16-19-10-9-15(21-16)18-11-12-22-4/h5-10H,11-12H2,1-4H3,(H2,18,19,20,21). The fourth-order valence-electron chi connectivity index (χ4n) is 1.98. The van der Waals surface area contributed by atoms with Gasteiger partial charge in [0.25, 0.3) is 0 Å². The van der Waals surface area contributed by atoms with Crippen molar-refractivity contribution < 1.29 is 4.74 Å². The maximum atomic E-state index is 5.01. The van der Waals surface area contributed by atoms with Gasteiger partial charge >= 0.3 is 0 Å². The summed E-state index contributed by atoms with van der Waals surface area (Å²) in [6, 6.07) is 10.2. The van der Waals surface area contributed by atoms with E-state index in [-0.39, 0.29) is 5.41 Å². The second kappa shape index (κ2) is 7.22. The maximum absolute atomic E-state index is 5.01. The van der Waals surface area contributed by atoms with Gasteiger partial charge in [0.2, 0.25) is 5.95 Å². The number of hydrogen-bond acceptors (Lipinski definition) is 5. The molecule has 0 amide bonds. The molecule has 22 heavy (non-hydrogen) atoms. The summed E-state index contributed by atoms with van der Waals surface area (Å²) in [6.07, 6.45) is 1.73. The number of anilines is 3. The molecule has 2 N–H and O–H groups in total. The van der Waals surface area contributed by atoms with Crippen LogP contribution in [0.25, 0.3) is 0 Å². The van der Waals surface area contributed by atoms with E-state index in [1.165, 1.54) is 5.56 Å². The zero-order valence-electron chi connectivity index (χ0n) is 13.7. The zero-order chi connectivity index (χ0) is 16.0. The van der Waals surface area contributed by atoms with Crippen LogP contribution in [0, 0.1) is 0 Å². The van der Waals surface area contributed by atoms with E-state index in [0.717, 1.165) is 11.5 Å². The molecular formula is C17H24N4O. The molecule has 0 saturated carbocycles. The molecule has 2 aromatic rings. The van der Waals surface area contributed by atoms with Crippen LogP contribution < -0.4 is 10.6 Å². The molecule has 0 aliphatic carbocycles. The van der Waals surface area contributed by atoms with E-state index in [9.17, 15) is 0 Å². The molecule has 1 aromatic carbocycles. The van der Waals surface area contributed by atoms with Crippen LogP contribution in [0.4, 0.5) is 17.5 Å². The number of hydrogen-bond donors (Lipinski definition) is 2. The minimum Gasteiger partial charge on any atom is -0.383 e. The lowest BCUT2D eigenvalue weighted by Crippen LogP contribution is -2.11. The van der Waals surface area contributed by atoms with E-state index in [1.807, 2.05) is 6.07 Å². The summed E-state index contributed by atoms with van der Waals surface area (Å²) in [6.45, 7) is 7.96. The average Bonchev–Trinajstić information content (AvgIpc) is 2.48. The third-order valence-corrected chi connectivity index (χ3v) is 3.27. The molecule has 0 aliphatic heterocycles. The van der Waals surface area contributed by atoms with Gasteiger partial charge in [0, 0.05) is 25.5 Å². The molecule has 0 spiro atoms. The summed E-state index contributed by atoms with van der Waals surface area (Å²) in [7, 11) is 1.68. The summed E-state index contributed by atoms with van der Waals surface area (Å²) in [5.41, 5.74) is 2.43. The van der Waals surface area contributed by atoms with Gasteiger partial charge in [-0.3, -0.25) is 0 Å². The van der Waals surface area contributed by atoms with Gasteiger partial charge < -0.3 is 15.4 Å². The van der Waals surface area contributed by atoms with Crippen LogP contribution in [0.15, 0.2) is 36.5 Å². The molecule has 1 aromatic heterocycles. The molecule has 0 saturated heterocycles. The van der Waals surface area contributed by atoms with Gasteiger partial charge in [-0.1, -0.05) is 32.9 Å². The molecule has 0 atom stereocenters. The van der Waals surface area contributed by atoms with Crippen molar-refractivity contribution in [3.63, 3.8) is 0 Å². The first-order valence-electron chi connectivity index (χ1n) is 7.42. The molecule has 2 rings (SSSR count). The molecule has 5 nitrogen and oxygen atoms in total. The first-order valence-corrected chi connectivity index (χ1v) is 7.42. The van der Waals surface area contributed by atoms with Gasteiger partial charge in [-0.05, 0) is 29.2 Å². The molecule has 0 bridgehead atoms. The number of methoxy groups -OCH3 is 1.